The number of carboxylic acid groups (broad SMARTS) is 1. The fourth-order valence-corrected chi connectivity index (χ4v) is 1.37. The highest BCUT2D eigenvalue weighted by Gasteiger charge is 2.08. The van der Waals surface area contributed by atoms with E-state index in [0.717, 1.165) is 5.57 Å². The minimum Gasteiger partial charge on any atom is -0.478 e. The zero-order valence-corrected chi connectivity index (χ0v) is 10.1. The molecular weight excluding hydrogens is 218 g/mol. The fourth-order valence-electron chi connectivity index (χ4n) is 1.37. The fraction of sp³-hybridized carbons (Fsp3) is 0.231. The first-order chi connectivity index (χ1) is 7.90. The van der Waals surface area contributed by atoms with Crippen LogP contribution in [-0.4, -0.2) is 17.0 Å². The predicted molar refractivity (Wildman–Crippen MR) is 66.2 cm³/mol. The zero-order chi connectivity index (χ0) is 13.0. The van der Waals surface area contributed by atoms with Crippen molar-refractivity contribution >= 4 is 17.6 Å². The lowest BCUT2D eigenvalue weighted by molar-refractivity contribution is -0.111. The first-order valence-corrected chi connectivity index (χ1v) is 5.20. The maximum atomic E-state index is 11.5. The molecule has 0 bridgehead atoms. The second kappa shape index (κ2) is 5.30. The Labute approximate surface area is 100.0 Å². The summed E-state index contributed by atoms with van der Waals surface area (Å²) < 4.78 is 0. The lowest BCUT2D eigenvalue weighted by atomic mass is 10.1. The van der Waals surface area contributed by atoms with Crippen LogP contribution in [0.15, 0.2) is 29.8 Å². The summed E-state index contributed by atoms with van der Waals surface area (Å²) >= 11 is 0. The van der Waals surface area contributed by atoms with Gasteiger partial charge >= 0.3 is 5.97 Å². The Morgan fingerprint density at radius 2 is 1.94 bits per heavy atom. The molecule has 0 saturated heterocycles. The van der Waals surface area contributed by atoms with Crippen LogP contribution in [0.2, 0.25) is 0 Å². The van der Waals surface area contributed by atoms with Gasteiger partial charge in [-0.1, -0.05) is 11.6 Å². The number of carbonyl (C=O) groups is 2. The Morgan fingerprint density at radius 3 is 2.47 bits per heavy atom. The average molecular weight is 233 g/mol. The molecule has 0 radical (unpaired) electrons. The van der Waals surface area contributed by atoms with Crippen molar-refractivity contribution in [1.82, 2.24) is 0 Å². The number of nitrogens with one attached hydrogen (secondary N) is 1. The van der Waals surface area contributed by atoms with Gasteiger partial charge in [-0.15, -0.1) is 0 Å². The van der Waals surface area contributed by atoms with E-state index in [-0.39, 0.29) is 11.5 Å². The van der Waals surface area contributed by atoms with Gasteiger partial charge in [-0.05, 0) is 38.5 Å². The predicted octanol–water partition coefficient (Wildman–Crippen LogP) is 2.60. The van der Waals surface area contributed by atoms with E-state index < -0.39 is 5.97 Å². The molecule has 1 rings (SSSR count). The van der Waals surface area contributed by atoms with E-state index in [4.69, 9.17) is 5.11 Å². The third-order valence-electron chi connectivity index (χ3n) is 2.16. The molecule has 0 unspecified atom stereocenters. The number of aromatic carboxylic acids is 1. The van der Waals surface area contributed by atoms with Crippen molar-refractivity contribution in [2.75, 3.05) is 5.32 Å². The van der Waals surface area contributed by atoms with Crippen molar-refractivity contribution in [3.63, 3.8) is 0 Å². The van der Waals surface area contributed by atoms with Crippen LogP contribution in [0.1, 0.15) is 29.8 Å². The first kappa shape index (κ1) is 13.0. The van der Waals surface area contributed by atoms with Crippen LogP contribution in [0.3, 0.4) is 0 Å². The Hall–Kier alpha value is -2.10. The third kappa shape index (κ3) is 3.75. The van der Waals surface area contributed by atoms with Crippen LogP contribution in [-0.2, 0) is 4.79 Å². The molecule has 17 heavy (non-hydrogen) atoms. The van der Waals surface area contributed by atoms with Crippen LogP contribution in [0.4, 0.5) is 5.69 Å². The molecule has 1 aromatic carbocycles. The van der Waals surface area contributed by atoms with Crippen molar-refractivity contribution in [3.8, 4) is 0 Å². The summed E-state index contributed by atoms with van der Waals surface area (Å²) in [6, 6.07) is 4.80. The van der Waals surface area contributed by atoms with Crippen LogP contribution in [0.5, 0.6) is 0 Å². The Morgan fingerprint density at radius 1 is 1.29 bits per heavy atom. The van der Waals surface area contributed by atoms with Crippen molar-refractivity contribution in [1.29, 1.82) is 0 Å². The molecule has 1 amide bonds. The molecule has 4 heteroatoms. The lowest BCUT2D eigenvalue weighted by Gasteiger charge is -2.06. The monoisotopic (exact) mass is 233 g/mol. The smallest absolute Gasteiger partial charge is 0.336 e. The van der Waals surface area contributed by atoms with E-state index in [0.29, 0.717) is 11.3 Å². The molecule has 0 aliphatic heterocycles. The summed E-state index contributed by atoms with van der Waals surface area (Å²) in [4.78, 5) is 22.4. The van der Waals surface area contributed by atoms with Crippen molar-refractivity contribution in [2.24, 2.45) is 0 Å². The number of hydrogen-bond donors (Lipinski definition) is 2. The van der Waals surface area contributed by atoms with E-state index in [9.17, 15) is 9.59 Å². The van der Waals surface area contributed by atoms with E-state index >= 15 is 0 Å². The van der Waals surface area contributed by atoms with Crippen molar-refractivity contribution in [3.05, 3.63) is 41.0 Å². The minimum absolute atomic E-state index is 0.194. The number of rotatable bonds is 3. The van der Waals surface area contributed by atoms with Gasteiger partial charge in [-0.2, -0.15) is 0 Å². The standard InChI is InChI=1S/C13H15NO3/c1-8(2)6-12(15)14-10-5-4-9(3)11(7-10)13(16)17/h4-7H,1-3H3,(H,14,15)(H,16,17). The SMILES string of the molecule is CC(C)=CC(=O)Nc1ccc(C)c(C(=O)O)c1. The molecule has 0 aromatic heterocycles. The molecule has 0 fully saturated rings. The number of carbonyl (C=O) groups excluding carboxylic acids is 1. The Balaban J connectivity index is 2.94. The van der Waals surface area contributed by atoms with Gasteiger partial charge in [0.1, 0.15) is 0 Å². The van der Waals surface area contributed by atoms with Crippen LogP contribution >= 0.6 is 0 Å². The number of hydrogen-bond acceptors (Lipinski definition) is 2. The molecule has 0 spiro atoms. The normalized spacial score (nSPS) is 9.59. The molecule has 0 aliphatic rings. The number of carboxylic acids is 1. The van der Waals surface area contributed by atoms with Gasteiger partial charge in [-0.3, -0.25) is 4.79 Å². The number of allylic oxidation sites excluding steroid dienone is 1. The molecule has 0 saturated carbocycles. The molecule has 0 aliphatic carbocycles. The van der Waals surface area contributed by atoms with E-state index in [1.165, 1.54) is 12.1 Å². The highest BCUT2D eigenvalue weighted by atomic mass is 16.4. The number of anilines is 1. The summed E-state index contributed by atoms with van der Waals surface area (Å²) in [6.07, 6.45) is 1.46. The molecular formula is C13H15NO3. The second-order valence-corrected chi connectivity index (χ2v) is 4.05. The van der Waals surface area contributed by atoms with Gasteiger partial charge < -0.3 is 10.4 Å². The second-order valence-electron chi connectivity index (χ2n) is 4.05. The van der Waals surface area contributed by atoms with Gasteiger partial charge in [0.25, 0.3) is 0 Å². The third-order valence-corrected chi connectivity index (χ3v) is 2.16. The van der Waals surface area contributed by atoms with E-state index in [1.54, 1.807) is 19.1 Å². The number of benzene rings is 1. The number of aryl methyl sites for hydroxylation is 1. The van der Waals surface area contributed by atoms with Crippen molar-refractivity contribution < 1.29 is 14.7 Å². The highest BCUT2D eigenvalue weighted by molar-refractivity contribution is 6.00. The molecule has 0 atom stereocenters. The Bertz CT molecular complexity index is 485. The largest absolute Gasteiger partial charge is 0.478 e. The molecule has 2 N–H and O–H groups in total. The van der Waals surface area contributed by atoms with E-state index in [1.807, 2.05) is 13.8 Å². The van der Waals surface area contributed by atoms with Crippen LogP contribution in [0.25, 0.3) is 0 Å². The highest BCUT2D eigenvalue weighted by Crippen LogP contribution is 2.15. The van der Waals surface area contributed by atoms with Gasteiger partial charge in [0.05, 0.1) is 5.56 Å². The van der Waals surface area contributed by atoms with Gasteiger partial charge in [0.2, 0.25) is 5.91 Å². The summed E-state index contributed by atoms with van der Waals surface area (Å²) in [7, 11) is 0. The maximum Gasteiger partial charge on any atom is 0.336 e. The minimum atomic E-state index is -0.999. The Kier molecular flexibility index (Phi) is 4.04. The van der Waals surface area contributed by atoms with E-state index in [2.05, 4.69) is 5.32 Å². The molecule has 0 heterocycles. The topological polar surface area (TPSA) is 66.4 Å². The first-order valence-electron chi connectivity index (χ1n) is 5.20. The maximum absolute atomic E-state index is 11.5. The van der Waals surface area contributed by atoms with Gasteiger partial charge in [0, 0.05) is 11.8 Å². The number of amides is 1. The van der Waals surface area contributed by atoms with Crippen LogP contribution in [0, 0.1) is 6.92 Å². The van der Waals surface area contributed by atoms with Gasteiger partial charge in [0.15, 0.2) is 0 Å². The summed E-state index contributed by atoms with van der Waals surface area (Å²) in [5.74, 6) is -1.26. The summed E-state index contributed by atoms with van der Waals surface area (Å²) in [5, 5.41) is 11.6. The van der Waals surface area contributed by atoms with Crippen LogP contribution < -0.4 is 5.32 Å². The molecule has 4 nitrogen and oxygen atoms in total. The summed E-state index contributed by atoms with van der Waals surface area (Å²) in [6.45, 7) is 5.35. The quantitative estimate of drug-likeness (QED) is 0.788. The lowest BCUT2D eigenvalue weighted by Crippen LogP contribution is -2.10. The zero-order valence-electron chi connectivity index (χ0n) is 10.1. The molecule has 90 valence electrons. The average Bonchev–Trinajstić information content (AvgIpc) is 2.19. The summed E-state index contributed by atoms with van der Waals surface area (Å²) in [5.41, 5.74) is 2.22. The molecule has 1 aromatic rings. The van der Waals surface area contributed by atoms with Crippen molar-refractivity contribution in [2.45, 2.75) is 20.8 Å². The van der Waals surface area contributed by atoms with Gasteiger partial charge in [-0.25, -0.2) is 4.79 Å².